The van der Waals surface area contributed by atoms with Crippen LogP contribution in [0, 0.1) is 0 Å². The lowest BCUT2D eigenvalue weighted by Gasteiger charge is -2.45. The van der Waals surface area contributed by atoms with Crippen molar-refractivity contribution in [1.29, 1.82) is 0 Å². The molecule has 1 atom stereocenters. The second-order valence-corrected chi connectivity index (χ2v) is 6.24. The van der Waals surface area contributed by atoms with Crippen LogP contribution in [0.5, 0.6) is 5.75 Å². The highest BCUT2D eigenvalue weighted by atomic mass is 16.5. The number of hydrogen-bond acceptors (Lipinski definition) is 3. The van der Waals surface area contributed by atoms with Crippen LogP contribution in [0.4, 0.5) is 0 Å². The first-order valence-corrected chi connectivity index (χ1v) is 8.26. The molecular formula is C18H30N2O. The highest BCUT2D eigenvalue weighted by Crippen LogP contribution is 2.40. The molecule has 0 bridgehead atoms. The van der Waals surface area contributed by atoms with Crippen molar-refractivity contribution in [1.82, 2.24) is 4.90 Å². The van der Waals surface area contributed by atoms with Crippen LogP contribution < -0.4 is 10.5 Å². The number of ether oxygens (including phenoxy) is 1. The first-order chi connectivity index (χ1) is 10.2. The molecule has 0 spiro atoms. The summed E-state index contributed by atoms with van der Waals surface area (Å²) in [6.07, 6.45) is 7.31. The molecule has 1 aliphatic carbocycles. The van der Waals surface area contributed by atoms with E-state index in [2.05, 4.69) is 37.1 Å². The maximum atomic E-state index is 6.27. The van der Waals surface area contributed by atoms with Gasteiger partial charge in [-0.05, 0) is 62.5 Å². The molecule has 1 unspecified atom stereocenters. The standard InChI is InChI=1S/C18H30N2O/c1-4-5-6-12-20(2)18(14-19)11-7-8-15-9-10-16(21-3)13-17(15)18/h9-10,13H,4-8,11-12,14,19H2,1-3H3. The second-order valence-electron chi connectivity index (χ2n) is 6.24. The average Bonchev–Trinajstić information content (AvgIpc) is 2.53. The number of rotatable bonds is 7. The number of likely N-dealkylation sites (N-methyl/N-ethyl adjacent to an activating group) is 1. The molecule has 0 radical (unpaired) electrons. The van der Waals surface area contributed by atoms with E-state index in [9.17, 15) is 0 Å². The number of fused-ring (bicyclic) bond motifs is 1. The van der Waals surface area contributed by atoms with Crippen LogP contribution in [0.3, 0.4) is 0 Å². The normalized spacial score (nSPS) is 21.4. The smallest absolute Gasteiger partial charge is 0.119 e. The third-order valence-electron chi connectivity index (χ3n) is 5.02. The van der Waals surface area contributed by atoms with E-state index in [1.807, 2.05) is 0 Å². The Morgan fingerprint density at radius 1 is 1.33 bits per heavy atom. The maximum absolute atomic E-state index is 6.27. The Morgan fingerprint density at radius 2 is 2.14 bits per heavy atom. The van der Waals surface area contributed by atoms with Crippen molar-refractivity contribution in [2.45, 2.75) is 51.0 Å². The third-order valence-corrected chi connectivity index (χ3v) is 5.02. The lowest BCUT2D eigenvalue weighted by Crippen LogP contribution is -2.51. The number of nitrogens with zero attached hydrogens (tertiary/aromatic N) is 1. The van der Waals surface area contributed by atoms with Crippen LogP contribution in [0.2, 0.25) is 0 Å². The molecule has 0 heterocycles. The fourth-order valence-corrected chi connectivity index (χ4v) is 3.62. The molecule has 1 aromatic rings. The van der Waals surface area contributed by atoms with Crippen molar-refractivity contribution in [3.05, 3.63) is 29.3 Å². The predicted molar refractivity (Wildman–Crippen MR) is 88.8 cm³/mol. The van der Waals surface area contributed by atoms with Gasteiger partial charge in [-0.3, -0.25) is 4.90 Å². The zero-order chi connectivity index (χ0) is 15.3. The Balaban J connectivity index is 2.31. The van der Waals surface area contributed by atoms with Crippen LogP contribution in [-0.2, 0) is 12.0 Å². The highest BCUT2D eigenvalue weighted by Gasteiger charge is 2.38. The molecule has 0 aromatic heterocycles. The van der Waals surface area contributed by atoms with E-state index in [1.165, 1.54) is 36.8 Å². The van der Waals surface area contributed by atoms with Gasteiger partial charge in [0.25, 0.3) is 0 Å². The molecule has 0 saturated carbocycles. The van der Waals surface area contributed by atoms with Gasteiger partial charge in [-0.2, -0.15) is 0 Å². The minimum Gasteiger partial charge on any atom is -0.497 e. The van der Waals surface area contributed by atoms with Crippen LogP contribution >= 0.6 is 0 Å². The zero-order valence-electron chi connectivity index (χ0n) is 13.8. The number of hydrogen-bond donors (Lipinski definition) is 1. The minimum atomic E-state index is -0.0180. The molecule has 2 N–H and O–H groups in total. The Bertz CT molecular complexity index is 461. The minimum absolute atomic E-state index is 0.0180. The molecule has 1 aromatic carbocycles. The molecule has 0 fully saturated rings. The zero-order valence-corrected chi connectivity index (χ0v) is 13.8. The Morgan fingerprint density at radius 3 is 2.81 bits per heavy atom. The van der Waals surface area contributed by atoms with Crippen molar-refractivity contribution < 1.29 is 4.74 Å². The summed E-state index contributed by atoms with van der Waals surface area (Å²) < 4.78 is 5.44. The molecule has 1 aliphatic rings. The maximum Gasteiger partial charge on any atom is 0.119 e. The molecule has 0 amide bonds. The molecule has 118 valence electrons. The molecule has 2 rings (SSSR count). The average molecular weight is 290 g/mol. The van der Waals surface area contributed by atoms with Gasteiger partial charge in [-0.1, -0.05) is 25.8 Å². The first kappa shape index (κ1) is 16.3. The Labute approximate surface area is 129 Å². The van der Waals surface area contributed by atoms with Crippen LogP contribution in [-0.4, -0.2) is 32.1 Å². The fraction of sp³-hybridized carbons (Fsp3) is 0.667. The van der Waals surface area contributed by atoms with Gasteiger partial charge in [-0.15, -0.1) is 0 Å². The molecule has 21 heavy (non-hydrogen) atoms. The molecule has 0 saturated heterocycles. The van der Waals surface area contributed by atoms with Gasteiger partial charge in [0.05, 0.1) is 12.6 Å². The highest BCUT2D eigenvalue weighted by molar-refractivity contribution is 5.42. The largest absolute Gasteiger partial charge is 0.497 e. The topological polar surface area (TPSA) is 38.5 Å². The quantitative estimate of drug-likeness (QED) is 0.783. The summed E-state index contributed by atoms with van der Waals surface area (Å²) >= 11 is 0. The lowest BCUT2D eigenvalue weighted by atomic mass is 9.75. The van der Waals surface area contributed by atoms with E-state index in [0.717, 1.165) is 25.1 Å². The van der Waals surface area contributed by atoms with Crippen molar-refractivity contribution in [3.63, 3.8) is 0 Å². The van der Waals surface area contributed by atoms with E-state index in [4.69, 9.17) is 10.5 Å². The summed E-state index contributed by atoms with van der Waals surface area (Å²) in [4.78, 5) is 2.49. The van der Waals surface area contributed by atoms with E-state index in [1.54, 1.807) is 7.11 Å². The van der Waals surface area contributed by atoms with E-state index >= 15 is 0 Å². The molecule has 0 aliphatic heterocycles. The van der Waals surface area contributed by atoms with Gasteiger partial charge < -0.3 is 10.5 Å². The monoisotopic (exact) mass is 290 g/mol. The van der Waals surface area contributed by atoms with Gasteiger partial charge >= 0.3 is 0 Å². The van der Waals surface area contributed by atoms with E-state index < -0.39 is 0 Å². The van der Waals surface area contributed by atoms with Gasteiger partial charge in [0.2, 0.25) is 0 Å². The molecular weight excluding hydrogens is 260 g/mol. The number of benzene rings is 1. The summed E-state index contributed by atoms with van der Waals surface area (Å²) in [7, 11) is 3.97. The van der Waals surface area contributed by atoms with Crippen LogP contribution in [0.1, 0.15) is 50.2 Å². The number of methoxy groups -OCH3 is 1. The van der Waals surface area contributed by atoms with Crippen molar-refractivity contribution >= 4 is 0 Å². The van der Waals surface area contributed by atoms with Gasteiger partial charge in [0, 0.05) is 6.54 Å². The third kappa shape index (κ3) is 3.24. The number of unbranched alkanes of at least 4 members (excludes halogenated alkanes) is 2. The summed E-state index contributed by atoms with van der Waals surface area (Å²) in [5, 5.41) is 0. The van der Waals surface area contributed by atoms with Gasteiger partial charge in [0.15, 0.2) is 0 Å². The Hall–Kier alpha value is -1.06. The van der Waals surface area contributed by atoms with Crippen molar-refractivity contribution in [3.8, 4) is 5.75 Å². The predicted octanol–water partition coefficient (Wildman–Crippen LogP) is 3.31. The van der Waals surface area contributed by atoms with Gasteiger partial charge in [-0.25, -0.2) is 0 Å². The van der Waals surface area contributed by atoms with E-state index in [0.29, 0.717) is 6.54 Å². The SMILES string of the molecule is CCCCCN(C)C1(CN)CCCc2ccc(OC)cc21. The lowest BCUT2D eigenvalue weighted by molar-refractivity contribution is 0.101. The summed E-state index contributed by atoms with van der Waals surface area (Å²) in [5.41, 5.74) is 9.07. The molecule has 3 heteroatoms. The first-order valence-electron chi connectivity index (χ1n) is 8.26. The second kappa shape index (κ2) is 7.28. The van der Waals surface area contributed by atoms with E-state index in [-0.39, 0.29) is 5.54 Å². The Kier molecular flexibility index (Phi) is 5.65. The summed E-state index contributed by atoms with van der Waals surface area (Å²) in [6, 6.07) is 6.50. The van der Waals surface area contributed by atoms with Crippen molar-refractivity contribution in [2.24, 2.45) is 5.73 Å². The van der Waals surface area contributed by atoms with Gasteiger partial charge in [0.1, 0.15) is 5.75 Å². The summed E-state index contributed by atoms with van der Waals surface area (Å²) in [5.74, 6) is 0.940. The summed E-state index contributed by atoms with van der Waals surface area (Å²) in [6.45, 7) is 4.04. The number of aryl methyl sites for hydroxylation is 1. The van der Waals surface area contributed by atoms with Crippen LogP contribution in [0.15, 0.2) is 18.2 Å². The van der Waals surface area contributed by atoms with Crippen LogP contribution in [0.25, 0.3) is 0 Å². The fourth-order valence-electron chi connectivity index (χ4n) is 3.62. The molecule has 3 nitrogen and oxygen atoms in total. The number of nitrogens with two attached hydrogens (primary N) is 1. The van der Waals surface area contributed by atoms with Crippen molar-refractivity contribution in [2.75, 3.05) is 27.2 Å².